The van der Waals surface area contributed by atoms with Gasteiger partial charge in [-0.3, -0.25) is 4.79 Å². The second kappa shape index (κ2) is 4.82. The zero-order valence-corrected chi connectivity index (χ0v) is 11.8. The van der Waals surface area contributed by atoms with Crippen LogP contribution < -0.4 is 11.1 Å². The van der Waals surface area contributed by atoms with Crippen molar-refractivity contribution >= 4 is 5.91 Å². The Bertz CT molecular complexity index is 320. The van der Waals surface area contributed by atoms with E-state index in [0.29, 0.717) is 24.7 Å². The summed E-state index contributed by atoms with van der Waals surface area (Å²) in [5.41, 5.74) is 5.86. The van der Waals surface area contributed by atoms with Crippen molar-refractivity contribution in [2.75, 3.05) is 13.2 Å². The summed E-state index contributed by atoms with van der Waals surface area (Å²) < 4.78 is 5.33. The molecule has 2 unspecified atom stereocenters. The van der Waals surface area contributed by atoms with Crippen LogP contribution in [0.1, 0.15) is 46.5 Å². The minimum atomic E-state index is -0.549. The van der Waals surface area contributed by atoms with E-state index in [-0.39, 0.29) is 11.9 Å². The maximum Gasteiger partial charge on any atom is 0.230 e. The van der Waals surface area contributed by atoms with Gasteiger partial charge in [0.2, 0.25) is 5.91 Å². The molecular weight excluding hydrogens is 228 g/mol. The van der Waals surface area contributed by atoms with Gasteiger partial charge in [0, 0.05) is 12.1 Å². The van der Waals surface area contributed by atoms with Crippen molar-refractivity contribution in [3.8, 4) is 0 Å². The Hall–Kier alpha value is -0.610. The first-order chi connectivity index (χ1) is 8.33. The van der Waals surface area contributed by atoms with Gasteiger partial charge in [0.25, 0.3) is 0 Å². The molecule has 1 aliphatic heterocycles. The molecule has 0 aromatic carbocycles. The third kappa shape index (κ3) is 2.69. The average molecular weight is 254 g/mol. The van der Waals surface area contributed by atoms with Gasteiger partial charge in [-0.2, -0.15) is 0 Å². The Morgan fingerprint density at radius 1 is 1.28 bits per heavy atom. The highest BCUT2D eigenvalue weighted by atomic mass is 16.5. The Balaban J connectivity index is 1.89. The van der Waals surface area contributed by atoms with Crippen molar-refractivity contribution in [3.05, 3.63) is 0 Å². The molecule has 3 N–H and O–H groups in total. The summed E-state index contributed by atoms with van der Waals surface area (Å²) in [7, 11) is 0. The van der Waals surface area contributed by atoms with Gasteiger partial charge in [0.1, 0.15) is 0 Å². The van der Waals surface area contributed by atoms with Crippen LogP contribution in [0.15, 0.2) is 0 Å². The van der Waals surface area contributed by atoms with Gasteiger partial charge >= 0.3 is 0 Å². The first-order valence-corrected chi connectivity index (χ1v) is 6.98. The lowest BCUT2D eigenvalue weighted by molar-refractivity contribution is -0.131. The summed E-state index contributed by atoms with van der Waals surface area (Å²) in [5.74, 6) is 0.0669. The third-order valence-electron chi connectivity index (χ3n) is 4.71. The quantitative estimate of drug-likeness (QED) is 0.783. The number of amides is 1. The van der Waals surface area contributed by atoms with Crippen LogP contribution in [0.3, 0.4) is 0 Å². The first kappa shape index (κ1) is 13.8. The normalized spacial score (nSPS) is 36.6. The Morgan fingerprint density at radius 3 is 2.39 bits per heavy atom. The number of nitrogens with two attached hydrogens (primary N) is 1. The fourth-order valence-corrected chi connectivity index (χ4v) is 2.82. The van der Waals surface area contributed by atoms with Crippen LogP contribution in [-0.4, -0.2) is 31.2 Å². The lowest BCUT2D eigenvalue weighted by Gasteiger charge is -2.36. The molecule has 1 saturated carbocycles. The lowest BCUT2D eigenvalue weighted by atomic mass is 9.75. The topological polar surface area (TPSA) is 64.3 Å². The van der Waals surface area contributed by atoms with Crippen molar-refractivity contribution in [1.29, 1.82) is 0 Å². The van der Waals surface area contributed by atoms with Crippen LogP contribution in [0.4, 0.5) is 0 Å². The number of carbonyl (C=O) groups is 1. The number of nitrogens with one attached hydrogen (secondary N) is 1. The molecule has 1 aliphatic carbocycles. The second-order valence-corrected chi connectivity index (χ2v) is 6.95. The minimum absolute atomic E-state index is 0.0669. The van der Waals surface area contributed by atoms with E-state index in [2.05, 4.69) is 19.2 Å². The molecule has 1 heterocycles. The van der Waals surface area contributed by atoms with Crippen molar-refractivity contribution in [3.63, 3.8) is 0 Å². The van der Waals surface area contributed by atoms with E-state index in [1.54, 1.807) is 0 Å². The number of rotatable bonds is 2. The summed E-state index contributed by atoms with van der Waals surface area (Å²) in [6.07, 6.45) is 4.50. The first-order valence-electron chi connectivity index (χ1n) is 6.98. The van der Waals surface area contributed by atoms with E-state index < -0.39 is 5.41 Å². The predicted octanol–water partition coefficient (Wildman–Crippen LogP) is 1.44. The van der Waals surface area contributed by atoms with E-state index in [1.165, 1.54) is 12.8 Å². The average Bonchev–Trinajstić information content (AvgIpc) is 2.64. The van der Waals surface area contributed by atoms with Crippen LogP contribution in [-0.2, 0) is 9.53 Å². The van der Waals surface area contributed by atoms with E-state index in [9.17, 15) is 4.79 Å². The van der Waals surface area contributed by atoms with E-state index in [0.717, 1.165) is 12.8 Å². The summed E-state index contributed by atoms with van der Waals surface area (Å²) in [4.78, 5) is 12.3. The summed E-state index contributed by atoms with van der Waals surface area (Å²) in [5, 5.41) is 3.17. The van der Waals surface area contributed by atoms with Crippen LogP contribution in [0.5, 0.6) is 0 Å². The summed E-state index contributed by atoms with van der Waals surface area (Å²) in [6, 6.07) is 0.132. The molecule has 0 bridgehead atoms. The fraction of sp³-hybridized carbons (Fsp3) is 0.929. The van der Waals surface area contributed by atoms with Crippen LogP contribution in [0, 0.1) is 10.8 Å². The van der Waals surface area contributed by atoms with Gasteiger partial charge in [-0.05, 0) is 38.0 Å². The molecule has 1 amide bonds. The van der Waals surface area contributed by atoms with Gasteiger partial charge in [0.05, 0.1) is 18.6 Å². The largest absolute Gasteiger partial charge is 0.379 e. The molecule has 4 nitrogen and oxygen atoms in total. The van der Waals surface area contributed by atoms with Gasteiger partial charge in [-0.15, -0.1) is 0 Å². The van der Waals surface area contributed by atoms with Crippen molar-refractivity contribution < 1.29 is 9.53 Å². The molecule has 4 heteroatoms. The van der Waals surface area contributed by atoms with Crippen LogP contribution >= 0.6 is 0 Å². The van der Waals surface area contributed by atoms with Crippen molar-refractivity contribution in [2.24, 2.45) is 16.6 Å². The SMILES string of the molecule is CC1(C)CCC(NC(=O)C2(C)COCC2N)CC1. The van der Waals surface area contributed by atoms with Crippen LogP contribution in [0.25, 0.3) is 0 Å². The Kier molecular flexibility index (Phi) is 3.70. The number of hydrogen-bond acceptors (Lipinski definition) is 3. The summed E-state index contributed by atoms with van der Waals surface area (Å²) in [6.45, 7) is 7.44. The number of ether oxygens (including phenoxy) is 1. The van der Waals surface area contributed by atoms with Crippen molar-refractivity contribution in [1.82, 2.24) is 5.32 Å². The molecule has 1 saturated heterocycles. The zero-order chi connectivity index (χ0) is 13.4. The van der Waals surface area contributed by atoms with E-state index in [4.69, 9.17) is 10.5 Å². The number of hydrogen-bond donors (Lipinski definition) is 2. The van der Waals surface area contributed by atoms with Crippen molar-refractivity contribution in [2.45, 2.75) is 58.5 Å². The Labute approximate surface area is 110 Å². The monoisotopic (exact) mass is 254 g/mol. The van der Waals surface area contributed by atoms with E-state index >= 15 is 0 Å². The molecule has 104 valence electrons. The zero-order valence-electron chi connectivity index (χ0n) is 11.8. The number of carbonyl (C=O) groups excluding carboxylic acids is 1. The molecule has 0 radical (unpaired) electrons. The lowest BCUT2D eigenvalue weighted by Crippen LogP contribution is -2.53. The minimum Gasteiger partial charge on any atom is -0.379 e. The smallest absolute Gasteiger partial charge is 0.230 e. The van der Waals surface area contributed by atoms with E-state index in [1.807, 2.05) is 6.92 Å². The van der Waals surface area contributed by atoms with Gasteiger partial charge < -0.3 is 15.8 Å². The second-order valence-electron chi connectivity index (χ2n) is 6.95. The molecule has 2 fully saturated rings. The standard InChI is InChI=1S/C14H26N2O2/c1-13(2)6-4-10(5-7-13)16-12(17)14(3)9-18-8-11(14)15/h10-11H,4-9,15H2,1-3H3,(H,16,17). The van der Waals surface area contributed by atoms with Gasteiger partial charge in [0.15, 0.2) is 0 Å². The fourth-order valence-electron chi connectivity index (χ4n) is 2.82. The molecule has 0 aromatic rings. The molecule has 2 aliphatic rings. The maximum absolute atomic E-state index is 12.3. The molecule has 2 atom stereocenters. The highest BCUT2D eigenvalue weighted by Gasteiger charge is 2.45. The van der Waals surface area contributed by atoms with Gasteiger partial charge in [-0.1, -0.05) is 13.8 Å². The third-order valence-corrected chi connectivity index (χ3v) is 4.71. The highest BCUT2D eigenvalue weighted by Crippen LogP contribution is 2.35. The predicted molar refractivity (Wildman–Crippen MR) is 71.1 cm³/mol. The maximum atomic E-state index is 12.3. The molecular formula is C14H26N2O2. The molecule has 0 aromatic heterocycles. The van der Waals surface area contributed by atoms with Gasteiger partial charge in [-0.25, -0.2) is 0 Å². The molecule has 2 rings (SSSR count). The Morgan fingerprint density at radius 2 is 1.89 bits per heavy atom. The molecule has 18 heavy (non-hydrogen) atoms. The molecule has 0 spiro atoms. The highest BCUT2D eigenvalue weighted by molar-refractivity contribution is 5.83. The van der Waals surface area contributed by atoms with Crippen LogP contribution in [0.2, 0.25) is 0 Å². The summed E-state index contributed by atoms with van der Waals surface area (Å²) >= 11 is 0.